The molecule has 2 saturated heterocycles. The number of alkyl halides is 2. The maximum Gasteiger partial charge on any atom is 0.399 e. The molecule has 3 aliphatic heterocycles. The van der Waals surface area contributed by atoms with E-state index in [1.807, 2.05) is 12.1 Å². The molecule has 0 spiro atoms. The van der Waals surface area contributed by atoms with E-state index in [2.05, 4.69) is 10.3 Å². The Balaban J connectivity index is 1.24. The number of aromatic amines is 1. The van der Waals surface area contributed by atoms with Crippen LogP contribution >= 0.6 is 19.2 Å². The van der Waals surface area contributed by atoms with Gasteiger partial charge in [-0.2, -0.15) is 8.78 Å². The molecule has 4 heterocycles. The van der Waals surface area contributed by atoms with Crippen LogP contribution in [-0.2, 0) is 37.7 Å². The molecule has 6 rings (SSSR count). The van der Waals surface area contributed by atoms with Gasteiger partial charge in [0.05, 0.1) is 0 Å². The maximum absolute atomic E-state index is 14.3. The lowest BCUT2D eigenvalue weighted by Crippen LogP contribution is -2.61. The first-order valence-corrected chi connectivity index (χ1v) is 16.6. The minimum Gasteiger partial charge on any atom is -0.351 e. The second kappa shape index (κ2) is 11.8. The number of benzene rings is 2. The van der Waals surface area contributed by atoms with E-state index in [4.69, 9.17) is 21.4 Å². The molecule has 4 N–H and O–H groups in total. The predicted octanol–water partition coefficient (Wildman–Crippen LogP) is 3.30. The van der Waals surface area contributed by atoms with Crippen molar-refractivity contribution in [2.45, 2.75) is 63.1 Å². The zero-order valence-corrected chi connectivity index (χ0v) is 26.2. The van der Waals surface area contributed by atoms with E-state index in [0.717, 1.165) is 23.3 Å². The molecule has 0 radical (unpaired) electrons. The topological polar surface area (TPSA) is 163 Å². The van der Waals surface area contributed by atoms with Gasteiger partial charge in [-0.1, -0.05) is 23.7 Å². The van der Waals surface area contributed by atoms with E-state index >= 15 is 0 Å². The van der Waals surface area contributed by atoms with Crippen molar-refractivity contribution in [2.75, 3.05) is 13.1 Å². The second-order valence-corrected chi connectivity index (χ2v) is 14.0. The Hall–Kier alpha value is -3.84. The van der Waals surface area contributed by atoms with Crippen molar-refractivity contribution in [2.24, 2.45) is 0 Å². The van der Waals surface area contributed by atoms with Crippen molar-refractivity contribution in [1.29, 1.82) is 0 Å². The van der Waals surface area contributed by atoms with Gasteiger partial charge in [-0.15, -0.1) is 0 Å². The van der Waals surface area contributed by atoms with E-state index in [1.165, 1.54) is 24.0 Å². The highest BCUT2D eigenvalue weighted by atomic mass is 35.5. The molecule has 2 aromatic carbocycles. The highest BCUT2D eigenvalue weighted by Crippen LogP contribution is 2.59. The quantitative estimate of drug-likeness (QED) is 0.301. The molecule has 0 bridgehead atoms. The Bertz CT molecular complexity index is 1810. The molecule has 0 aliphatic carbocycles. The van der Waals surface area contributed by atoms with Crippen LogP contribution in [0, 0.1) is 0 Å². The lowest BCUT2D eigenvalue weighted by atomic mass is 10.1. The minimum absolute atomic E-state index is 0.0864. The van der Waals surface area contributed by atoms with Gasteiger partial charge in [0.15, 0.2) is 0 Å². The van der Waals surface area contributed by atoms with Crippen LogP contribution < -0.4 is 5.32 Å². The van der Waals surface area contributed by atoms with Crippen molar-refractivity contribution in [3.63, 3.8) is 0 Å². The van der Waals surface area contributed by atoms with Crippen molar-refractivity contribution in [3.05, 3.63) is 69.9 Å². The molecule has 0 saturated carbocycles. The van der Waals surface area contributed by atoms with Crippen molar-refractivity contribution in [1.82, 2.24) is 25.0 Å². The number of fused-ring (bicyclic) bond motifs is 3. The van der Waals surface area contributed by atoms with Crippen LogP contribution in [0.4, 0.5) is 8.78 Å². The third-order valence-electron chi connectivity index (χ3n) is 9.01. The highest BCUT2D eigenvalue weighted by Gasteiger charge is 2.50. The number of nitrogens with one attached hydrogen (secondary N) is 2. The highest BCUT2D eigenvalue weighted by molar-refractivity contribution is 7.52. The molecule has 3 aliphatic rings. The lowest BCUT2D eigenvalue weighted by molar-refractivity contribution is -0.149. The van der Waals surface area contributed by atoms with Gasteiger partial charge in [-0.05, 0) is 60.7 Å². The molecule has 1 aromatic heterocycles. The van der Waals surface area contributed by atoms with Gasteiger partial charge in [0.1, 0.15) is 17.8 Å². The van der Waals surface area contributed by atoms with Gasteiger partial charge in [0.25, 0.3) is 5.91 Å². The first-order valence-electron chi connectivity index (χ1n) is 14.7. The Morgan fingerprint density at radius 2 is 1.76 bits per heavy atom. The summed E-state index contributed by atoms with van der Waals surface area (Å²) in [5.74, 6) is -1.79. The van der Waals surface area contributed by atoms with Crippen LogP contribution in [-0.4, -0.2) is 84.3 Å². The van der Waals surface area contributed by atoms with Crippen LogP contribution in [0.3, 0.4) is 0 Å². The Kier molecular flexibility index (Phi) is 8.20. The average Bonchev–Trinajstić information content (AvgIpc) is 3.72. The van der Waals surface area contributed by atoms with Crippen molar-refractivity contribution < 1.29 is 42.3 Å². The van der Waals surface area contributed by atoms with E-state index in [1.54, 1.807) is 15.9 Å². The van der Waals surface area contributed by atoms with Gasteiger partial charge in [-0.25, -0.2) is 0 Å². The minimum atomic E-state index is -5.81. The number of amides is 4. The summed E-state index contributed by atoms with van der Waals surface area (Å²) < 4.78 is 39.9. The van der Waals surface area contributed by atoms with Crippen LogP contribution in [0.5, 0.6) is 0 Å². The summed E-state index contributed by atoms with van der Waals surface area (Å²) >= 11 is 6.14. The molecule has 16 heteroatoms. The zero-order valence-electron chi connectivity index (χ0n) is 24.6. The number of nitrogens with zero attached hydrogens (tertiary/aromatic N) is 3. The summed E-state index contributed by atoms with van der Waals surface area (Å²) in [5.41, 5.74) is -3.31. The molecular weight excluding hydrogens is 647 g/mol. The van der Waals surface area contributed by atoms with Gasteiger partial charge < -0.3 is 34.8 Å². The molecule has 12 nitrogen and oxygen atoms in total. The second-order valence-electron chi connectivity index (χ2n) is 11.9. The number of hydrogen-bond acceptors (Lipinski definition) is 5. The Labute approximate surface area is 266 Å². The number of rotatable bonds is 5. The number of aromatic nitrogens is 1. The standard InChI is InChI=1S/C30H31ClF2N5O7P/c1-16(39)36-9-8-22-5-7-26(29(42)37-13-17-2-4-21(31)11-19(17)14-37)38(22)28(41)25(15-36)35-27(40)24-12-18-10-20(3-6-23(18)34-24)30(32,33)46(43,44)45/h2-4,6,10-12,22,25-26,34H,5,7-9,13-15H2,1H3,(H,35,40)(H2,43,44,45)/t22-,25+,26+/m1/s1. The maximum atomic E-state index is 14.3. The first kappa shape index (κ1) is 32.1. The SMILES string of the molecule is CC(=O)N1CC[C@H]2CC[C@@H](C(=O)N3Cc4ccc(Cl)cc4C3)N2C(=O)[C@@H](NC(=O)c2cc3cc(C(F)(F)P(=O)(O)O)ccc3[nH]2)C1. The van der Waals surface area contributed by atoms with E-state index in [-0.39, 0.29) is 41.0 Å². The van der Waals surface area contributed by atoms with E-state index < -0.39 is 42.7 Å². The molecule has 3 aromatic rings. The van der Waals surface area contributed by atoms with Crippen LogP contribution in [0.1, 0.15) is 53.4 Å². The number of H-pyrrole nitrogens is 1. The van der Waals surface area contributed by atoms with Crippen LogP contribution in [0.25, 0.3) is 10.9 Å². The predicted molar refractivity (Wildman–Crippen MR) is 162 cm³/mol. The number of halogens is 3. The van der Waals surface area contributed by atoms with Gasteiger partial charge in [0, 0.05) is 60.6 Å². The molecular formula is C30H31ClF2N5O7P. The number of hydrogen-bond donors (Lipinski definition) is 4. The van der Waals surface area contributed by atoms with Crippen LogP contribution in [0.2, 0.25) is 5.02 Å². The van der Waals surface area contributed by atoms with Gasteiger partial charge >= 0.3 is 13.3 Å². The van der Waals surface area contributed by atoms with E-state index in [0.29, 0.717) is 43.9 Å². The number of carbonyl (C=O) groups is 4. The molecule has 3 atom stereocenters. The molecule has 244 valence electrons. The van der Waals surface area contributed by atoms with Crippen molar-refractivity contribution in [3.8, 4) is 0 Å². The summed E-state index contributed by atoms with van der Waals surface area (Å²) in [6, 6.07) is 7.26. The van der Waals surface area contributed by atoms with Crippen molar-refractivity contribution >= 4 is 53.7 Å². The normalized spacial score (nSPS) is 22.0. The summed E-state index contributed by atoms with van der Waals surface area (Å²) in [6.07, 6.45) is 1.44. The molecule has 4 amide bonds. The fraction of sp³-hybridized carbons (Fsp3) is 0.400. The fourth-order valence-electron chi connectivity index (χ4n) is 6.59. The Morgan fingerprint density at radius 1 is 1.02 bits per heavy atom. The smallest absolute Gasteiger partial charge is 0.351 e. The van der Waals surface area contributed by atoms with E-state index in [9.17, 15) is 32.5 Å². The molecule has 2 fully saturated rings. The molecule has 46 heavy (non-hydrogen) atoms. The van der Waals surface area contributed by atoms with Gasteiger partial charge in [0.2, 0.25) is 17.7 Å². The monoisotopic (exact) mass is 677 g/mol. The van der Waals surface area contributed by atoms with Crippen LogP contribution in [0.15, 0.2) is 42.5 Å². The Morgan fingerprint density at radius 3 is 2.48 bits per heavy atom. The summed E-state index contributed by atoms with van der Waals surface area (Å²) in [6.45, 7) is 2.28. The zero-order chi connectivity index (χ0) is 33.1. The molecule has 0 unspecified atom stereocenters. The van der Waals surface area contributed by atoms with Gasteiger partial charge in [-0.3, -0.25) is 23.7 Å². The summed E-state index contributed by atoms with van der Waals surface area (Å²) in [5, 5.41) is 3.31. The fourth-order valence-corrected chi connectivity index (χ4v) is 7.26. The summed E-state index contributed by atoms with van der Waals surface area (Å²) in [4.78, 5) is 79.5. The lowest BCUT2D eigenvalue weighted by Gasteiger charge is -2.39. The first-order chi connectivity index (χ1) is 21.6. The largest absolute Gasteiger partial charge is 0.399 e. The third kappa shape index (κ3) is 5.79. The average molecular weight is 678 g/mol. The third-order valence-corrected chi connectivity index (χ3v) is 10.2. The summed E-state index contributed by atoms with van der Waals surface area (Å²) in [7, 11) is -5.81. The number of carbonyl (C=O) groups excluding carboxylic acids is 4.